The first-order valence-electron chi connectivity index (χ1n) is 7.98. The van der Waals surface area contributed by atoms with E-state index in [1.165, 1.54) is 37.9 Å². The Morgan fingerprint density at radius 1 is 1.20 bits per heavy atom. The molecule has 0 bridgehead atoms. The minimum atomic E-state index is 0.372. The second-order valence-corrected chi connectivity index (χ2v) is 6.16. The molecule has 1 aromatic carbocycles. The van der Waals surface area contributed by atoms with Gasteiger partial charge in [-0.05, 0) is 49.3 Å². The first-order valence-corrected chi connectivity index (χ1v) is 7.98. The monoisotopic (exact) mass is 274 g/mol. The normalized spacial score (nSPS) is 27.5. The van der Waals surface area contributed by atoms with E-state index in [2.05, 4.69) is 29.2 Å². The summed E-state index contributed by atoms with van der Waals surface area (Å²) in [6, 6.07) is 8.86. The molecular weight excluding hydrogens is 248 g/mol. The van der Waals surface area contributed by atoms with Gasteiger partial charge in [0.05, 0.1) is 6.61 Å². The van der Waals surface area contributed by atoms with Crippen molar-refractivity contribution >= 4 is 0 Å². The number of hydrogen-bond acceptors (Lipinski definition) is 3. The molecule has 0 spiro atoms. The summed E-state index contributed by atoms with van der Waals surface area (Å²) in [6.45, 7) is 5.90. The topological polar surface area (TPSA) is 38.5 Å². The summed E-state index contributed by atoms with van der Waals surface area (Å²) in [5, 5.41) is 0. The van der Waals surface area contributed by atoms with Crippen LogP contribution in [0.1, 0.15) is 37.8 Å². The molecule has 1 aliphatic heterocycles. The molecule has 20 heavy (non-hydrogen) atoms. The fraction of sp³-hybridized carbons (Fsp3) is 0.647. The van der Waals surface area contributed by atoms with Crippen molar-refractivity contribution in [2.45, 2.75) is 32.2 Å². The van der Waals surface area contributed by atoms with Crippen LogP contribution in [0.3, 0.4) is 0 Å². The summed E-state index contributed by atoms with van der Waals surface area (Å²) in [6.07, 6.45) is 4.27. The number of benzene rings is 1. The van der Waals surface area contributed by atoms with E-state index in [4.69, 9.17) is 10.5 Å². The van der Waals surface area contributed by atoms with Crippen molar-refractivity contribution in [1.29, 1.82) is 0 Å². The predicted molar refractivity (Wildman–Crippen MR) is 81.8 cm³/mol. The molecule has 3 nitrogen and oxygen atoms in total. The van der Waals surface area contributed by atoms with E-state index in [1.807, 2.05) is 6.92 Å². The number of ether oxygens (including phenoxy) is 1. The van der Waals surface area contributed by atoms with Crippen molar-refractivity contribution in [3.8, 4) is 5.75 Å². The van der Waals surface area contributed by atoms with Crippen LogP contribution in [0.5, 0.6) is 5.75 Å². The summed E-state index contributed by atoms with van der Waals surface area (Å²) in [4.78, 5) is 2.60. The molecule has 2 aliphatic rings. The van der Waals surface area contributed by atoms with Crippen molar-refractivity contribution in [2.75, 3.05) is 26.2 Å². The minimum absolute atomic E-state index is 0.372. The molecule has 2 fully saturated rings. The number of nitrogens with two attached hydrogens (primary N) is 1. The average molecular weight is 274 g/mol. The fourth-order valence-corrected chi connectivity index (χ4v) is 3.97. The first kappa shape index (κ1) is 13.9. The Morgan fingerprint density at radius 3 is 2.40 bits per heavy atom. The molecule has 1 heterocycles. The van der Waals surface area contributed by atoms with Crippen LogP contribution in [0.4, 0.5) is 0 Å². The zero-order valence-corrected chi connectivity index (χ0v) is 12.4. The molecule has 0 radical (unpaired) electrons. The van der Waals surface area contributed by atoms with Gasteiger partial charge in [0.1, 0.15) is 5.75 Å². The Balaban J connectivity index is 1.70. The summed E-state index contributed by atoms with van der Waals surface area (Å²) in [5.41, 5.74) is 7.39. The van der Waals surface area contributed by atoms with Gasteiger partial charge in [0.2, 0.25) is 0 Å². The molecule has 3 atom stereocenters. The summed E-state index contributed by atoms with van der Waals surface area (Å²) in [7, 11) is 0. The molecule has 0 aromatic heterocycles. The lowest BCUT2D eigenvalue weighted by atomic mass is 10.0. The second kappa shape index (κ2) is 6.15. The van der Waals surface area contributed by atoms with Crippen molar-refractivity contribution in [3.05, 3.63) is 29.8 Å². The highest BCUT2D eigenvalue weighted by atomic mass is 16.5. The van der Waals surface area contributed by atoms with Crippen molar-refractivity contribution in [3.63, 3.8) is 0 Å². The van der Waals surface area contributed by atoms with Crippen LogP contribution < -0.4 is 10.5 Å². The standard InChI is InChI=1S/C17H26N2O/c1-2-20-16-8-6-13(7-9-16)17(10-18)19-11-14-4-3-5-15(14)12-19/h6-9,14-15,17H,2-5,10-12,18H2,1H3. The molecule has 1 saturated heterocycles. The van der Waals surface area contributed by atoms with Gasteiger partial charge in [0.25, 0.3) is 0 Å². The summed E-state index contributed by atoms with van der Waals surface area (Å²) >= 11 is 0. The number of hydrogen-bond donors (Lipinski definition) is 1. The zero-order chi connectivity index (χ0) is 13.9. The lowest BCUT2D eigenvalue weighted by Gasteiger charge is -2.28. The molecule has 2 N–H and O–H groups in total. The van der Waals surface area contributed by atoms with Gasteiger partial charge in [-0.15, -0.1) is 0 Å². The quantitative estimate of drug-likeness (QED) is 0.897. The Kier molecular flexibility index (Phi) is 4.27. The molecule has 110 valence electrons. The first-order chi connectivity index (χ1) is 9.81. The van der Waals surface area contributed by atoms with Gasteiger partial charge >= 0.3 is 0 Å². The van der Waals surface area contributed by atoms with Gasteiger partial charge in [-0.25, -0.2) is 0 Å². The number of likely N-dealkylation sites (tertiary alicyclic amines) is 1. The zero-order valence-electron chi connectivity index (χ0n) is 12.4. The minimum Gasteiger partial charge on any atom is -0.494 e. The highest BCUT2D eigenvalue weighted by Crippen LogP contribution is 2.40. The Morgan fingerprint density at radius 2 is 1.85 bits per heavy atom. The highest BCUT2D eigenvalue weighted by molar-refractivity contribution is 5.29. The van der Waals surface area contributed by atoms with E-state index in [0.717, 1.165) is 24.2 Å². The van der Waals surface area contributed by atoms with Gasteiger partial charge in [-0.2, -0.15) is 0 Å². The van der Waals surface area contributed by atoms with Gasteiger partial charge in [0, 0.05) is 25.7 Å². The lowest BCUT2D eigenvalue weighted by Crippen LogP contribution is -2.32. The molecule has 1 aromatic rings. The Bertz CT molecular complexity index is 419. The van der Waals surface area contributed by atoms with Gasteiger partial charge in [-0.3, -0.25) is 4.90 Å². The van der Waals surface area contributed by atoms with Crippen LogP contribution >= 0.6 is 0 Å². The lowest BCUT2D eigenvalue weighted by molar-refractivity contribution is 0.231. The van der Waals surface area contributed by atoms with Gasteiger partial charge < -0.3 is 10.5 Å². The predicted octanol–water partition coefficient (Wildman–Crippen LogP) is 2.82. The molecule has 1 saturated carbocycles. The van der Waals surface area contributed by atoms with Crippen LogP contribution in [-0.4, -0.2) is 31.1 Å². The largest absolute Gasteiger partial charge is 0.494 e. The molecular formula is C17H26N2O. The third kappa shape index (κ3) is 2.70. The van der Waals surface area contributed by atoms with Crippen molar-refractivity contribution in [2.24, 2.45) is 17.6 Å². The van der Waals surface area contributed by atoms with Crippen LogP contribution in [0.2, 0.25) is 0 Å². The van der Waals surface area contributed by atoms with E-state index >= 15 is 0 Å². The molecule has 0 amide bonds. The highest BCUT2D eigenvalue weighted by Gasteiger charge is 2.38. The maximum Gasteiger partial charge on any atom is 0.119 e. The third-order valence-corrected chi connectivity index (χ3v) is 4.99. The fourth-order valence-electron chi connectivity index (χ4n) is 3.97. The SMILES string of the molecule is CCOc1ccc(C(CN)N2CC3CCCC3C2)cc1. The molecule has 1 aliphatic carbocycles. The Hall–Kier alpha value is -1.06. The van der Waals surface area contributed by atoms with Crippen LogP contribution in [0.15, 0.2) is 24.3 Å². The van der Waals surface area contributed by atoms with Crippen molar-refractivity contribution < 1.29 is 4.74 Å². The molecule has 3 rings (SSSR count). The van der Waals surface area contributed by atoms with E-state index in [-0.39, 0.29) is 0 Å². The smallest absolute Gasteiger partial charge is 0.119 e. The van der Waals surface area contributed by atoms with E-state index in [9.17, 15) is 0 Å². The third-order valence-electron chi connectivity index (χ3n) is 4.99. The Labute approximate surface area is 122 Å². The van der Waals surface area contributed by atoms with E-state index in [1.54, 1.807) is 0 Å². The number of fused-ring (bicyclic) bond motifs is 1. The molecule has 3 unspecified atom stereocenters. The molecule has 3 heteroatoms. The average Bonchev–Trinajstić information content (AvgIpc) is 3.03. The summed E-state index contributed by atoms with van der Waals surface area (Å²) < 4.78 is 5.52. The van der Waals surface area contributed by atoms with E-state index in [0.29, 0.717) is 12.6 Å². The number of nitrogens with zero attached hydrogens (tertiary/aromatic N) is 1. The maximum absolute atomic E-state index is 6.06. The van der Waals surface area contributed by atoms with Gasteiger partial charge in [0.15, 0.2) is 0 Å². The van der Waals surface area contributed by atoms with Crippen LogP contribution in [-0.2, 0) is 0 Å². The van der Waals surface area contributed by atoms with Crippen LogP contribution in [0, 0.1) is 11.8 Å². The number of rotatable bonds is 5. The van der Waals surface area contributed by atoms with Crippen molar-refractivity contribution in [1.82, 2.24) is 4.90 Å². The second-order valence-electron chi connectivity index (χ2n) is 6.16. The van der Waals surface area contributed by atoms with Gasteiger partial charge in [-0.1, -0.05) is 18.6 Å². The van der Waals surface area contributed by atoms with Crippen LogP contribution in [0.25, 0.3) is 0 Å². The maximum atomic E-state index is 6.06. The summed E-state index contributed by atoms with van der Waals surface area (Å²) in [5.74, 6) is 2.80. The van der Waals surface area contributed by atoms with E-state index < -0.39 is 0 Å².